The van der Waals surface area contributed by atoms with E-state index in [-0.39, 0.29) is 5.91 Å². The summed E-state index contributed by atoms with van der Waals surface area (Å²) in [6.45, 7) is 5.85. The van der Waals surface area contributed by atoms with Crippen molar-refractivity contribution in [1.82, 2.24) is 10.2 Å². The summed E-state index contributed by atoms with van der Waals surface area (Å²) in [5.74, 6) is 0.795. The number of hydrogen-bond acceptors (Lipinski definition) is 4. The summed E-state index contributed by atoms with van der Waals surface area (Å²) in [7, 11) is 0. The Labute approximate surface area is 127 Å². The van der Waals surface area contributed by atoms with E-state index in [2.05, 4.69) is 23.2 Å². The Morgan fingerprint density at radius 3 is 2.67 bits per heavy atom. The van der Waals surface area contributed by atoms with E-state index in [1.807, 2.05) is 6.92 Å². The van der Waals surface area contributed by atoms with Crippen molar-refractivity contribution < 1.29 is 4.79 Å². The van der Waals surface area contributed by atoms with E-state index < -0.39 is 5.54 Å². The molecule has 2 saturated carbocycles. The molecular formula is C16H28N4O. The van der Waals surface area contributed by atoms with Gasteiger partial charge < -0.3 is 11.1 Å². The molecule has 2 aliphatic carbocycles. The van der Waals surface area contributed by atoms with Crippen molar-refractivity contribution in [3.8, 4) is 6.07 Å². The minimum atomic E-state index is -0.695. The minimum Gasteiger partial charge on any atom is -0.337 e. The largest absolute Gasteiger partial charge is 0.337 e. The van der Waals surface area contributed by atoms with E-state index in [1.165, 1.54) is 6.42 Å². The molecule has 0 aliphatic heterocycles. The number of nitrogens with one attached hydrogen (secondary N) is 1. The lowest BCUT2D eigenvalue weighted by Crippen LogP contribution is -2.52. The minimum absolute atomic E-state index is 0.0320. The lowest BCUT2D eigenvalue weighted by molar-refractivity contribution is -0.124. The van der Waals surface area contributed by atoms with E-state index in [9.17, 15) is 10.1 Å². The topological polar surface area (TPSA) is 82.2 Å². The molecule has 0 saturated heterocycles. The average molecular weight is 292 g/mol. The first-order valence-corrected chi connectivity index (χ1v) is 8.20. The van der Waals surface area contributed by atoms with Crippen molar-refractivity contribution in [2.24, 2.45) is 17.6 Å². The molecule has 0 spiro atoms. The van der Waals surface area contributed by atoms with Gasteiger partial charge >= 0.3 is 0 Å². The zero-order valence-electron chi connectivity index (χ0n) is 13.3. The molecule has 21 heavy (non-hydrogen) atoms. The molecule has 3 unspecified atom stereocenters. The Kier molecular flexibility index (Phi) is 5.23. The summed E-state index contributed by atoms with van der Waals surface area (Å²) in [6, 6.07) is 2.70. The van der Waals surface area contributed by atoms with E-state index in [0.717, 1.165) is 32.2 Å². The molecule has 0 radical (unpaired) electrons. The van der Waals surface area contributed by atoms with E-state index in [4.69, 9.17) is 5.73 Å². The van der Waals surface area contributed by atoms with Crippen LogP contribution in [0.5, 0.6) is 0 Å². The SMILES string of the molecule is CCN(CC(=O)NC(C)(C#N)C1CC1)C1CCCC1CN. The molecule has 0 aromatic heterocycles. The molecule has 2 rings (SSSR count). The van der Waals surface area contributed by atoms with Crippen molar-refractivity contribution in [3.05, 3.63) is 0 Å². The van der Waals surface area contributed by atoms with Gasteiger partial charge in [-0.2, -0.15) is 5.26 Å². The number of nitrogens with zero attached hydrogens (tertiary/aromatic N) is 2. The molecule has 3 atom stereocenters. The third kappa shape index (κ3) is 3.75. The summed E-state index contributed by atoms with van der Waals surface area (Å²) in [5, 5.41) is 12.3. The van der Waals surface area contributed by atoms with Crippen molar-refractivity contribution in [3.63, 3.8) is 0 Å². The molecule has 5 nitrogen and oxygen atoms in total. The number of nitriles is 1. The summed E-state index contributed by atoms with van der Waals surface area (Å²) in [5.41, 5.74) is 5.15. The Hall–Kier alpha value is -1.12. The first-order valence-electron chi connectivity index (χ1n) is 8.20. The maximum absolute atomic E-state index is 12.3. The second-order valence-corrected chi connectivity index (χ2v) is 6.69. The molecule has 0 heterocycles. The van der Waals surface area contributed by atoms with Crippen LogP contribution in [-0.2, 0) is 4.79 Å². The number of rotatable bonds is 7. The number of amides is 1. The summed E-state index contributed by atoms with van der Waals surface area (Å²) >= 11 is 0. The molecule has 5 heteroatoms. The van der Waals surface area contributed by atoms with Gasteiger partial charge in [0.2, 0.25) is 5.91 Å². The smallest absolute Gasteiger partial charge is 0.235 e. The van der Waals surface area contributed by atoms with Gasteiger partial charge in [0, 0.05) is 6.04 Å². The molecule has 2 aliphatic rings. The second-order valence-electron chi connectivity index (χ2n) is 6.69. The van der Waals surface area contributed by atoms with Crippen LogP contribution in [0.4, 0.5) is 0 Å². The fraction of sp³-hybridized carbons (Fsp3) is 0.875. The van der Waals surface area contributed by atoms with Crippen LogP contribution in [0.15, 0.2) is 0 Å². The van der Waals surface area contributed by atoms with E-state index in [0.29, 0.717) is 31.0 Å². The average Bonchev–Trinajstić information content (AvgIpc) is 3.23. The van der Waals surface area contributed by atoms with Gasteiger partial charge in [-0.15, -0.1) is 0 Å². The van der Waals surface area contributed by atoms with Gasteiger partial charge in [0.25, 0.3) is 0 Å². The quantitative estimate of drug-likeness (QED) is 0.740. The number of nitrogens with two attached hydrogens (primary N) is 1. The monoisotopic (exact) mass is 292 g/mol. The van der Waals surface area contributed by atoms with Crippen LogP contribution in [0.2, 0.25) is 0 Å². The van der Waals surface area contributed by atoms with Crippen LogP contribution in [0, 0.1) is 23.2 Å². The molecule has 3 N–H and O–H groups in total. The highest BCUT2D eigenvalue weighted by Crippen LogP contribution is 2.39. The van der Waals surface area contributed by atoms with Crippen LogP contribution >= 0.6 is 0 Å². The van der Waals surface area contributed by atoms with Gasteiger partial charge in [0.05, 0.1) is 12.6 Å². The fourth-order valence-corrected chi connectivity index (χ4v) is 3.63. The van der Waals surface area contributed by atoms with Gasteiger partial charge in [0.15, 0.2) is 0 Å². The highest BCUT2D eigenvalue weighted by Gasteiger charge is 2.43. The standard InChI is InChI=1S/C16H28N4O/c1-3-20(14-6-4-5-12(14)9-17)10-15(21)19-16(2,11-18)13-7-8-13/h12-14H,3-10,17H2,1-2H3,(H,19,21). The zero-order valence-corrected chi connectivity index (χ0v) is 13.3. The number of carbonyl (C=O) groups excluding carboxylic acids is 1. The molecule has 1 amide bonds. The van der Waals surface area contributed by atoms with Crippen LogP contribution in [0.3, 0.4) is 0 Å². The predicted octanol–water partition coefficient (Wildman–Crippen LogP) is 1.24. The first-order chi connectivity index (χ1) is 10.0. The number of hydrogen-bond donors (Lipinski definition) is 2. The Bertz CT molecular complexity index is 415. The van der Waals surface area contributed by atoms with Crippen LogP contribution < -0.4 is 11.1 Å². The molecular weight excluding hydrogens is 264 g/mol. The maximum Gasteiger partial charge on any atom is 0.235 e. The van der Waals surface area contributed by atoms with Crippen molar-refractivity contribution >= 4 is 5.91 Å². The lowest BCUT2D eigenvalue weighted by Gasteiger charge is -2.32. The highest BCUT2D eigenvalue weighted by atomic mass is 16.2. The Balaban J connectivity index is 1.92. The maximum atomic E-state index is 12.3. The third-order valence-electron chi connectivity index (χ3n) is 5.17. The summed E-state index contributed by atoms with van der Waals surface area (Å²) in [6.07, 6.45) is 5.57. The molecule has 0 aromatic rings. The Morgan fingerprint density at radius 2 is 2.14 bits per heavy atom. The van der Waals surface area contributed by atoms with E-state index >= 15 is 0 Å². The summed E-state index contributed by atoms with van der Waals surface area (Å²) < 4.78 is 0. The van der Waals surface area contributed by atoms with Gasteiger partial charge in [-0.3, -0.25) is 9.69 Å². The summed E-state index contributed by atoms with van der Waals surface area (Å²) in [4.78, 5) is 14.6. The molecule has 2 fully saturated rings. The van der Waals surface area contributed by atoms with Crippen molar-refractivity contribution in [2.45, 2.75) is 57.5 Å². The predicted molar refractivity (Wildman–Crippen MR) is 82.3 cm³/mol. The Morgan fingerprint density at radius 1 is 1.43 bits per heavy atom. The second kappa shape index (κ2) is 6.76. The fourth-order valence-electron chi connectivity index (χ4n) is 3.63. The molecule has 0 aromatic carbocycles. The molecule has 0 bridgehead atoms. The normalized spacial score (nSPS) is 28.1. The van der Waals surface area contributed by atoms with Crippen LogP contribution in [0.25, 0.3) is 0 Å². The van der Waals surface area contributed by atoms with Gasteiger partial charge in [0.1, 0.15) is 5.54 Å². The van der Waals surface area contributed by atoms with Gasteiger partial charge in [-0.05, 0) is 57.5 Å². The van der Waals surface area contributed by atoms with Gasteiger partial charge in [-0.1, -0.05) is 13.3 Å². The van der Waals surface area contributed by atoms with Crippen LogP contribution in [-0.4, -0.2) is 42.0 Å². The van der Waals surface area contributed by atoms with Gasteiger partial charge in [-0.25, -0.2) is 0 Å². The number of carbonyl (C=O) groups is 1. The van der Waals surface area contributed by atoms with Crippen molar-refractivity contribution in [2.75, 3.05) is 19.6 Å². The lowest BCUT2D eigenvalue weighted by atomic mass is 9.97. The number of likely N-dealkylation sites (N-methyl/N-ethyl adjacent to an activating group) is 1. The van der Waals surface area contributed by atoms with E-state index in [1.54, 1.807) is 0 Å². The molecule has 118 valence electrons. The van der Waals surface area contributed by atoms with Crippen LogP contribution in [0.1, 0.15) is 46.0 Å². The third-order valence-corrected chi connectivity index (χ3v) is 5.17. The highest BCUT2D eigenvalue weighted by molar-refractivity contribution is 5.79. The van der Waals surface area contributed by atoms with Crippen molar-refractivity contribution in [1.29, 1.82) is 5.26 Å². The first kappa shape index (κ1) is 16.3. The zero-order chi connectivity index (χ0) is 15.5.